The fourth-order valence-corrected chi connectivity index (χ4v) is 3.48. The van der Waals surface area contributed by atoms with Crippen LogP contribution in [0.15, 0.2) is 18.2 Å². The highest BCUT2D eigenvalue weighted by atomic mass is 32.2. The Balaban J connectivity index is 2.04. The lowest BCUT2D eigenvalue weighted by Gasteiger charge is -2.25. The van der Waals surface area contributed by atoms with E-state index < -0.39 is 27.3 Å². The van der Waals surface area contributed by atoms with Crippen molar-refractivity contribution in [2.24, 2.45) is 5.92 Å². The number of hydrogen-bond donors (Lipinski definition) is 1. The first-order valence-electron chi connectivity index (χ1n) is 7.58. The van der Waals surface area contributed by atoms with Crippen molar-refractivity contribution in [2.75, 3.05) is 36.9 Å². The molecule has 24 heavy (non-hydrogen) atoms. The van der Waals surface area contributed by atoms with E-state index in [1.165, 1.54) is 0 Å². The summed E-state index contributed by atoms with van der Waals surface area (Å²) >= 11 is 0. The van der Waals surface area contributed by atoms with E-state index in [1.54, 1.807) is 0 Å². The monoisotopic (exact) mass is 362 g/mol. The van der Waals surface area contributed by atoms with Gasteiger partial charge in [-0.1, -0.05) is 6.07 Å². The van der Waals surface area contributed by atoms with Crippen molar-refractivity contribution >= 4 is 21.6 Å². The van der Waals surface area contributed by atoms with Gasteiger partial charge in [0.2, 0.25) is 15.9 Å². The van der Waals surface area contributed by atoms with Crippen LogP contribution in [0.2, 0.25) is 0 Å². The first-order valence-corrected chi connectivity index (χ1v) is 9.42. The molecule has 0 unspecified atom stereocenters. The molecule has 1 N–H and O–H groups in total. The number of benzene rings is 1. The minimum Gasteiger partial charge on any atom is -0.381 e. The molecule has 6 nitrogen and oxygen atoms in total. The van der Waals surface area contributed by atoms with Crippen molar-refractivity contribution in [3.63, 3.8) is 0 Å². The van der Waals surface area contributed by atoms with E-state index >= 15 is 0 Å². The largest absolute Gasteiger partial charge is 0.381 e. The molecule has 0 spiro atoms. The van der Waals surface area contributed by atoms with Crippen molar-refractivity contribution < 1.29 is 26.7 Å². The molecule has 1 heterocycles. The van der Waals surface area contributed by atoms with E-state index in [1.807, 2.05) is 0 Å². The Kier molecular flexibility index (Phi) is 6.11. The Labute approximate surface area is 139 Å². The number of sulfonamides is 1. The quantitative estimate of drug-likeness (QED) is 0.827. The van der Waals surface area contributed by atoms with Gasteiger partial charge in [0, 0.05) is 25.7 Å². The number of rotatable bonds is 6. The molecule has 0 bridgehead atoms. The van der Waals surface area contributed by atoms with Gasteiger partial charge in [-0.05, 0) is 25.0 Å². The number of anilines is 1. The number of halogens is 2. The number of hydrogen-bond acceptors (Lipinski definition) is 4. The smallest absolute Gasteiger partial charge is 0.232 e. The molecule has 2 rings (SSSR count). The zero-order chi connectivity index (χ0) is 17.7. The Morgan fingerprint density at radius 1 is 1.29 bits per heavy atom. The summed E-state index contributed by atoms with van der Waals surface area (Å²) in [4.78, 5) is 12.0. The lowest BCUT2D eigenvalue weighted by atomic mass is 9.99. The van der Waals surface area contributed by atoms with E-state index in [0.29, 0.717) is 30.4 Å². The summed E-state index contributed by atoms with van der Waals surface area (Å²) < 4.78 is 57.3. The second-order valence-corrected chi connectivity index (χ2v) is 7.49. The Bertz CT molecular complexity index is 670. The summed E-state index contributed by atoms with van der Waals surface area (Å²) in [6.07, 6.45) is 2.06. The standard InChI is InChI=1S/C15H20F2N2O4S/c1-24(21,22)19(14-12(16)3-2-4-13(14)17)8-7-18-15(20)11-5-9-23-10-6-11/h2-4,11H,5-10H2,1H3,(H,18,20). The summed E-state index contributed by atoms with van der Waals surface area (Å²) in [7, 11) is -3.90. The maximum atomic E-state index is 13.9. The van der Waals surface area contributed by atoms with Crippen LogP contribution in [0.5, 0.6) is 0 Å². The molecule has 0 atom stereocenters. The van der Waals surface area contributed by atoms with Gasteiger partial charge >= 0.3 is 0 Å². The van der Waals surface area contributed by atoms with Crippen molar-refractivity contribution in [2.45, 2.75) is 12.8 Å². The Morgan fingerprint density at radius 3 is 2.42 bits per heavy atom. The predicted molar refractivity (Wildman–Crippen MR) is 85.1 cm³/mol. The molecule has 1 fully saturated rings. The maximum absolute atomic E-state index is 13.9. The molecule has 1 aliphatic rings. The van der Waals surface area contributed by atoms with Gasteiger partial charge in [0.25, 0.3) is 0 Å². The zero-order valence-electron chi connectivity index (χ0n) is 13.3. The summed E-state index contributed by atoms with van der Waals surface area (Å²) in [6.45, 7) is 0.713. The van der Waals surface area contributed by atoms with E-state index in [2.05, 4.69) is 5.32 Å². The summed E-state index contributed by atoms with van der Waals surface area (Å²) in [5, 5.41) is 2.62. The molecular weight excluding hydrogens is 342 g/mol. The first-order chi connectivity index (χ1) is 11.3. The number of amides is 1. The predicted octanol–water partition coefficient (Wildman–Crippen LogP) is 1.27. The van der Waals surface area contributed by atoms with Crippen LogP contribution in [-0.2, 0) is 19.6 Å². The number of para-hydroxylation sites is 1. The van der Waals surface area contributed by atoms with Crippen molar-refractivity contribution in [3.05, 3.63) is 29.8 Å². The molecule has 0 saturated carbocycles. The van der Waals surface area contributed by atoms with Crippen LogP contribution < -0.4 is 9.62 Å². The number of ether oxygens (including phenoxy) is 1. The number of carbonyl (C=O) groups is 1. The van der Waals surface area contributed by atoms with Gasteiger partial charge in [-0.15, -0.1) is 0 Å². The third-order valence-corrected chi connectivity index (χ3v) is 4.96. The second kappa shape index (κ2) is 7.89. The van der Waals surface area contributed by atoms with Crippen molar-refractivity contribution in [1.29, 1.82) is 0 Å². The lowest BCUT2D eigenvalue weighted by Crippen LogP contribution is -2.41. The number of nitrogens with one attached hydrogen (secondary N) is 1. The third kappa shape index (κ3) is 4.64. The van der Waals surface area contributed by atoms with Crippen LogP contribution in [0.4, 0.5) is 14.5 Å². The topological polar surface area (TPSA) is 75.7 Å². The SMILES string of the molecule is CS(=O)(=O)N(CCNC(=O)C1CCOCC1)c1c(F)cccc1F. The number of nitrogens with zero attached hydrogens (tertiary/aromatic N) is 1. The van der Waals surface area contributed by atoms with Crippen LogP contribution >= 0.6 is 0 Å². The van der Waals surface area contributed by atoms with E-state index in [9.17, 15) is 22.0 Å². The van der Waals surface area contributed by atoms with Crippen LogP contribution in [0, 0.1) is 17.6 Å². The van der Waals surface area contributed by atoms with Gasteiger partial charge in [-0.3, -0.25) is 9.10 Å². The summed E-state index contributed by atoms with van der Waals surface area (Å²) in [5.41, 5.74) is -0.639. The zero-order valence-corrected chi connectivity index (χ0v) is 14.1. The molecule has 134 valence electrons. The molecule has 0 aliphatic carbocycles. The van der Waals surface area contributed by atoms with Gasteiger partial charge in [0.05, 0.1) is 12.8 Å². The van der Waals surface area contributed by atoms with Crippen LogP contribution in [-0.4, -0.2) is 46.9 Å². The van der Waals surface area contributed by atoms with E-state index in [-0.39, 0.29) is 24.9 Å². The normalized spacial score (nSPS) is 16.0. The maximum Gasteiger partial charge on any atom is 0.232 e. The molecule has 1 aromatic rings. The summed E-state index contributed by atoms with van der Waals surface area (Å²) in [6, 6.07) is 3.12. The molecular formula is C15H20F2N2O4S. The minimum atomic E-state index is -3.90. The Morgan fingerprint density at radius 2 is 1.88 bits per heavy atom. The van der Waals surface area contributed by atoms with Gasteiger partial charge in [-0.2, -0.15) is 0 Å². The average molecular weight is 362 g/mol. The minimum absolute atomic E-state index is 0.0446. The van der Waals surface area contributed by atoms with E-state index in [0.717, 1.165) is 24.5 Å². The lowest BCUT2D eigenvalue weighted by molar-refractivity contribution is -0.127. The fraction of sp³-hybridized carbons (Fsp3) is 0.533. The van der Waals surface area contributed by atoms with Gasteiger partial charge in [0.15, 0.2) is 11.6 Å². The molecule has 0 radical (unpaired) electrons. The second-order valence-electron chi connectivity index (χ2n) is 5.58. The third-order valence-electron chi connectivity index (χ3n) is 3.79. The van der Waals surface area contributed by atoms with Gasteiger partial charge < -0.3 is 10.1 Å². The van der Waals surface area contributed by atoms with Crippen LogP contribution in [0.25, 0.3) is 0 Å². The molecule has 1 saturated heterocycles. The van der Waals surface area contributed by atoms with Gasteiger partial charge in [-0.25, -0.2) is 17.2 Å². The highest BCUT2D eigenvalue weighted by Gasteiger charge is 2.25. The first kappa shape index (κ1) is 18.6. The molecule has 1 aromatic carbocycles. The van der Waals surface area contributed by atoms with Crippen molar-refractivity contribution in [3.8, 4) is 0 Å². The average Bonchev–Trinajstić information content (AvgIpc) is 2.52. The van der Waals surface area contributed by atoms with Gasteiger partial charge in [0.1, 0.15) is 5.69 Å². The molecule has 1 amide bonds. The molecule has 9 heteroatoms. The van der Waals surface area contributed by atoms with Crippen LogP contribution in [0.1, 0.15) is 12.8 Å². The summed E-state index contributed by atoms with van der Waals surface area (Å²) in [5.74, 6) is -2.34. The van der Waals surface area contributed by atoms with Crippen LogP contribution in [0.3, 0.4) is 0 Å². The fourth-order valence-electron chi connectivity index (χ4n) is 2.56. The van der Waals surface area contributed by atoms with Crippen molar-refractivity contribution in [1.82, 2.24) is 5.32 Å². The Hall–Kier alpha value is -1.74. The molecule has 0 aromatic heterocycles. The highest BCUT2D eigenvalue weighted by molar-refractivity contribution is 7.92. The number of carbonyl (C=O) groups excluding carboxylic acids is 1. The molecule has 1 aliphatic heterocycles. The van der Waals surface area contributed by atoms with E-state index in [4.69, 9.17) is 4.74 Å². The highest BCUT2D eigenvalue weighted by Crippen LogP contribution is 2.25.